The standard InChI is InChI=1S/C11H13N2/c1-13(2)8-9-7-12-11-6-4-3-5-10(9)11/h3-6,12H,8H2,1-2H3. The molecule has 2 rings (SSSR count). The van der Waals surface area contributed by atoms with Gasteiger partial charge in [-0.05, 0) is 20.2 Å². The Morgan fingerprint density at radius 3 is 2.85 bits per heavy atom. The van der Waals surface area contributed by atoms with Gasteiger partial charge in [0.1, 0.15) is 0 Å². The summed E-state index contributed by atoms with van der Waals surface area (Å²) in [4.78, 5) is 5.29. The lowest BCUT2D eigenvalue weighted by Crippen LogP contribution is -2.10. The van der Waals surface area contributed by atoms with E-state index in [0.717, 1.165) is 6.54 Å². The summed E-state index contributed by atoms with van der Waals surface area (Å²) < 4.78 is 0. The minimum Gasteiger partial charge on any atom is -0.353 e. The number of hydrogen-bond acceptors (Lipinski definition) is 1. The lowest BCUT2D eigenvalue weighted by Gasteiger charge is -2.07. The largest absolute Gasteiger partial charge is 0.353 e. The van der Waals surface area contributed by atoms with Crippen LogP contribution < -0.4 is 0 Å². The number of para-hydroxylation sites is 1. The molecule has 13 heavy (non-hydrogen) atoms. The molecule has 0 saturated carbocycles. The SMILES string of the molecule is CN(C)Cc1[c][nH]c2ccccc12. The normalized spacial score (nSPS) is 11.3. The molecule has 0 unspecified atom stereocenters. The molecule has 0 aliphatic carbocycles. The van der Waals surface area contributed by atoms with Crippen molar-refractivity contribution >= 4 is 10.9 Å². The van der Waals surface area contributed by atoms with Crippen LogP contribution in [0.3, 0.4) is 0 Å². The monoisotopic (exact) mass is 173 g/mol. The summed E-state index contributed by atoms with van der Waals surface area (Å²) in [6.45, 7) is 0.935. The van der Waals surface area contributed by atoms with Crippen LogP contribution in [0.2, 0.25) is 0 Å². The number of aromatic amines is 1. The maximum absolute atomic E-state index is 3.18. The van der Waals surface area contributed by atoms with Crippen molar-refractivity contribution in [2.75, 3.05) is 14.1 Å². The zero-order valence-corrected chi connectivity index (χ0v) is 7.96. The van der Waals surface area contributed by atoms with Gasteiger partial charge in [0.15, 0.2) is 0 Å². The average Bonchev–Trinajstić information content (AvgIpc) is 2.48. The van der Waals surface area contributed by atoms with Crippen LogP contribution in [0.25, 0.3) is 10.9 Å². The predicted molar refractivity (Wildman–Crippen MR) is 54.5 cm³/mol. The Labute approximate surface area is 78.2 Å². The fraction of sp³-hybridized carbons (Fsp3) is 0.273. The fourth-order valence-corrected chi connectivity index (χ4v) is 1.51. The first-order valence-electron chi connectivity index (χ1n) is 4.39. The molecule has 0 saturated heterocycles. The second kappa shape index (κ2) is 3.23. The zero-order valence-electron chi connectivity index (χ0n) is 7.96. The maximum Gasteiger partial charge on any atom is 0.0679 e. The van der Waals surface area contributed by atoms with Crippen molar-refractivity contribution in [2.45, 2.75) is 6.54 Å². The van der Waals surface area contributed by atoms with E-state index in [1.54, 1.807) is 0 Å². The van der Waals surface area contributed by atoms with Gasteiger partial charge in [-0.2, -0.15) is 0 Å². The molecule has 2 aromatic rings. The molecule has 0 aliphatic heterocycles. The van der Waals surface area contributed by atoms with Crippen molar-refractivity contribution in [2.24, 2.45) is 0 Å². The zero-order chi connectivity index (χ0) is 9.26. The van der Waals surface area contributed by atoms with Crippen LogP contribution in [-0.4, -0.2) is 24.0 Å². The molecule has 1 aromatic heterocycles. The first kappa shape index (κ1) is 8.32. The van der Waals surface area contributed by atoms with Crippen molar-refractivity contribution in [1.29, 1.82) is 0 Å². The summed E-state index contributed by atoms with van der Waals surface area (Å²) in [5.74, 6) is 0. The van der Waals surface area contributed by atoms with E-state index in [1.165, 1.54) is 16.5 Å². The molecule has 1 radical (unpaired) electrons. The molecular weight excluding hydrogens is 160 g/mol. The van der Waals surface area contributed by atoms with Crippen LogP contribution in [-0.2, 0) is 6.54 Å². The van der Waals surface area contributed by atoms with Crippen LogP contribution in [0.5, 0.6) is 0 Å². The van der Waals surface area contributed by atoms with E-state index in [-0.39, 0.29) is 0 Å². The summed E-state index contributed by atoms with van der Waals surface area (Å²) in [5, 5.41) is 1.27. The van der Waals surface area contributed by atoms with E-state index < -0.39 is 0 Å². The van der Waals surface area contributed by atoms with Crippen LogP contribution in [0.1, 0.15) is 5.56 Å². The summed E-state index contributed by atoms with van der Waals surface area (Å²) in [6, 6.07) is 8.29. The van der Waals surface area contributed by atoms with Crippen LogP contribution in [0.15, 0.2) is 24.3 Å². The van der Waals surface area contributed by atoms with Crippen molar-refractivity contribution in [3.63, 3.8) is 0 Å². The average molecular weight is 173 g/mol. The highest BCUT2D eigenvalue weighted by molar-refractivity contribution is 5.82. The highest BCUT2D eigenvalue weighted by Crippen LogP contribution is 2.17. The molecule has 0 aliphatic rings. The van der Waals surface area contributed by atoms with Gasteiger partial charge in [0, 0.05) is 23.0 Å². The highest BCUT2D eigenvalue weighted by atomic mass is 15.0. The molecule has 0 amide bonds. The van der Waals surface area contributed by atoms with Gasteiger partial charge in [-0.3, -0.25) is 0 Å². The molecule has 1 aromatic carbocycles. The Hall–Kier alpha value is -1.28. The molecule has 0 atom stereocenters. The number of hydrogen-bond donors (Lipinski definition) is 1. The number of nitrogens with zero attached hydrogens (tertiary/aromatic N) is 1. The summed E-state index contributed by atoms with van der Waals surface area (Å²) in [5.41, 5.74) is 2.40. The maximum atomic E-state index is 3.18. The van der Waals surface area contributed by atoms with Crippen molar-refractivity contribution in [3.05, 3.63) is 36.0 Å². The molecular formula is C11H13N2. The second-order valence-electron chi connectivity index (χ2n) is 3.51. The Kier molecular flexibility index (Phi) is 2.07. The smallest absolute Gasteiger partial charge is 0.0679 e. The van der Waals surface area contributed by atoms with Crippen LogP contribution >= 0.6 is 0 Å². The third-order valence-electron chi connectivity index (χ3n) is 2.07. The van der Waals surface area contributed by atoms with E-state index in [1.807, 2.05) is 6.07 Å². The van der Waals surface area contributed by atoms with E-state index in [2.05, 4.69) is 48.4 Å². The lowest BCUT2D eigenvalue weighted by molar-refractivity contribution is 0.404. The molecule has 0 fully saturated rings. The molecule has 0 bridgehead atoms. The van der Waals surface area contributed by atoms with Crippen molar-refractivity contribution < 1.29 is 0 Å². The van der Waals surface area contributed by atoms with Crippen LogP contribution in [0, 0.1) is 6.20 Å². The topological polar surface area (TPSA) is 19.0 Å². The summed E-state index contributed by atoms with van der Waals surface area (Å²) >= 11 is 0. The predicted octanol–water partition coefficient (Wildman–Crippen LogP) is 2.03. The van der Waals surface area contributed by atoms with Crippen molar-refractivity contribution in [3.8, 4) is 0 Å². The van der Waals surface area contributed by atoms with Gasteiger partial charge in [-0.15, -0.1) is 0 Å². The van der Waals surface area contributed by atoms with Gasteiger partial charge >= 0.3 is 0 Å². The lowest BCUT2D eigenvalue weighted by atomic mass is 10.2. The Balaban J connectivity index is 2.46. The minimum absolute atomic E-state index is 0.935. The number of rotatable bonds is 2. The van der Waals surface area contributed by atoms with Gasteiger partial charge in [0.25, 0.3) is 0 Å². The summed E-state index contributed by atoms with van der Waals surface area (Å²) in [6.07, 6.45) is 3.18. The molecule has 67 valence electrons. The Morgan fingerprint density at radius 2 is 2.08 bits per heavy atom. The van der Waals surface area contributed by atoms with E-state index in [0.29, 0.717) is 0 Å². The minimum atomic E-state index is 0.935. The summed E-state index contributed by atoms with van der Waals surface area (Å²) in [7, 11) is 4.13. The van der Waals surface area contributed by atoms with Gasteiger partial charge in [0.05, 0.1) is 6.20 Å². The first-order chi connectivity index (χ1) is 6.27. The number of aromatic nitrogens is 1. The van der Waals surface area contributed by atoms with Gasteiger partial charge < -0.3 is 9.88 Å². The third kappa shape index (κ3) is 1.58. The molecule has 1 heterocycles. The van der Waals surface area contributed by atoms with Gasteiger partial charge in [-0.1, -0.05) is 18.2 Å². The van der Waals surface area contributed by atoms with E-state index in [4.69, 9.17) is 0 Å². The molecule has 2 nitrogen and oxygen atoms in total. The molecule has 1 N–H and O–H groups in total. The fourth-order valence-electron chi connectivity index (χ4n) is 1.51. The highest BCUT2D eigenvalue weighted by Gasteiger charge is 2.03. The number of H-pyrrole nitrogens is 1. The van der Waals surface area contributed by atoms with Gasteiger partial charge in [-0.25, -0.2) is 0 Å². The number of nitrogens with one attached hydrogen (secondary N) is 1. The van der Waals surface area contributed by atoms with Crippen LogP contribution in [0.4, 0.5) is 0 Å². The van der Waals surface area contributed by atoms with E-state index >= 15 is 0 Å². The Bertz CT molecular complexity index is 401. The molecule has 2 heteroatoms. The Morgan fingerprint density at radius 1 is 1.31 bits per heavy atom. The quantitative estimate of drug-likeness (QED) is 0.736. The van der Waals surface area contributed by atoms with E-state index in [9.17, 15) is 0 Å². The van der Waals surface area contributed by atoms with Gasteiger partial charge in [0.2, 0.25) is 0 Å². The first-order valence-corrected chi connectivity index (χ1v) is 4.39. The van der Waals surface area contributed by atoms with Crippen molar-refractivity contribution in [1.82, 2.24) is 9.88 Å². The number of fused-ring (bicyclic) bond motifs is 1. The third-order valence-corrected chi connectivity index (χ3v) is 2.07. The molecule has 0 spiro atoms. The second-order valence-corrected chi connectivity index (χ2v) is 3.51. The number of benzene rings is 1.